The molecule has 0 aliphatic rings. The molecule has 0 radical (unpaired) electrons. The molecule has 4 nitrogen and oxygen atoms in total. The SMILES string of the molecule is CCCCCCCC/C=C\CCCCCCCCCCCCC(O)(CO)C(O)C(C)=O. The minimum absolute atomic E-state index is 0.262. The zero-order chi connectivity index (χ0) is 23.2. The van der Waals surface area contributed by atoms with E-state index in [0.29, 0.717) is 6.42 Å². The lowest BCUT2D eigenvalue weighted by Gasteiger charge is -2.29. The second kappa shape index (κ2) is 21.2. The number of Topliss-reactive ketones (excluding diaryl/α,β-unsaturated/α-hetero) is 1. The van der Waals surface area contributed by atoms with Crippen LogP contribution in [0.25, 0.3) is 0 Å². The second-order valence-corrected chi connectivity index (χ2v) is 9.38. The summed E-state index contributed by atoms with van der Waals surface area (Å²) >= 11 is 0. The lowest BCUT2D eigenvalue weighted by molar-refractivity contribution is -0.149. The summed E-state index contributed by atoms with van der Waals surface area (Å²) in [6, 6.07) is 0. The van der Waals surface area contributed by atoms with E-state index in [-0.39, 0.29) is 6.42 Å². The first-order valence-electron chi connectivity index (χ1n) is 13.1. The molecule has 0 aliphatic carbocycles. The van der Waals surface area contributed by atoms with Crippen LogP contribution < -0.4 is 0 Å². The van der Waals surface area contributed by atoms with E-state index in [1.165, 1.54) is 103 Å². The van der Waals surface area contributed by atoms with Gasteiger partial charge in [0.2, 0.25) is 0 Å². The first kappa shape index (κ1) is 30.3. The smallest absolute Gasteiger partial charge is 0.161 e. The lowest BCUT2D eigenvalue weighted by Crippen LogP contribution is -2.49. The summed E-state index contributed by atoms with van der Waals surface area (Å²) in [5, 5.41) is 29.2. The quantitative estimate of drug-likeness (QED) is 0.123. The van der Waals surface area contributed by atoms with Crippen LogP contribution in [0.1, 0.15) is 136 Å². The summed E-state index contributed by atoms with van der Waals surface area (Å²) in [4.78, 5) is 11.2. The molecule has 0 rings (SSSR count). The van der Waals surface area contributed by atoms with Gasteiger partial charge < -0.3 is 15.3 Å². The molecular weight excluding hydrogens is 388 g/mol. The number of rotatable bonds is 23. The predicted octanol–water partition coefficient (Wildman–Crippen LogP) is 6.65. The first-order valence-corrected chi connectivity index (χ1v) is 13.1. The molecule has 0 spiro atoms. The molecule has 0 saturated carbocycles. The highest BCUT2D eigenvalue weighted by molar-refractivity contribution is 5.81. The normalized spacial score (nSPS) is 14.7. The van der Waals surface area contributed by atoms with Crippen LogP contribution in [0.4, 0.5) is 0 Å². The molecule has 31 heavy (non-hydrogen) atoms. The molecule has 3 N–H and O–H groups in total. The van der Waals surface area contributed by atoms with Gasteiger partial charge in [-0.2, -0.15) is 0 Å². The van der Waals surface area contributed by atoms with Crippen molar-refractivity contribution in [2.45, 2.75) is 148 Å². The van der Waals surface area contributed by atoms with Crippen molar-refractivity contribution < 1.29 is 20.1 Å². The van der Waals surface area contributed by atoms with E-state index in [1.54, 1.807) is 0 Å². The van der Waals surface area contributed by atoms with Gasteiger partial charge in [0.05, 0.1) is 6.61 Å². The van der Waals surface area contributed by atoms with Crippen molar-refractivity contribution >= 4 is 5.78 Å². The van der Waals surface area contributed by atoms with Crippen molar-refractivity contribution in [1.29, 1.82) is 0 Å². The fourth-order valence-electron chi connectivity index (χ4n) is 4.07. The van der Waals surface area contributed by atoms with Gasteiger partial charge in [-0.15, -0.1) is 0 Å². The number of unbranched alkanes of at least 4 members (excludes halogenated alkanes) is 16. The van der Waals surface area contributed by atoms with Crippen LogP contribution in [-0.4, -0.2) is 39.4 Å². The van der Waals surface area contributed by atoms with Gasteiger partial charge in [0.15, 0.2) is 5.78 Å². The van der Waals surface area contributed by atoms with Gasteiger partial charge in [-0.05, 0) is 39.0 Å². The van der Waals surface area contributed by atoms with E-state index in [1.807, 2.05) is 0 Å². The Morgan fingerprint density at radius 2 is 1.13 bits per heavy atom. The summed E-state index contributed by atoms with van der Waals surface area (Å²) in [7, 11) is 0. The fraction of sp³-hybridized carbons (Fsp3) is 0.889. The molecule has 0 bridgehead atoms. The number of carbonyl (C=O) groups excluding carboxylic acids is 1. The minimum Gasteiger partial charge on any atom is -0.393 e. The van der Waals surface area contributed by atoms with Crippen molar-refractivity contribution in [3.05, 3.63) is 12.2 Å². The van der Waals surface area contributed by atoms with Crippen LogP contribution in [-0.2, 0) is 4.79 Å². The highest BCUT2D eigenvalue weighted by atomic mass is 16.4. The number of hydrogen-bond acceptors (Lipinski definition) is 4. The van der Waals surface area contributed by atoms with Gasteiger partial charge in [-0.3, -0.25) is 4.79 Å². The second-order valence-electron chi connectivity index (χ2n) is 9.38. The van der Waals surface area contributed by atoms with Gasteiger partial charge in [-0.1, -0.05) is 109 Å². The third-order valence-electron chi connectivity index (χ3n) is 6.29. The van der Waals surface area contributed by atoms with E-state index >= 15 is 0 Å². The maximum atomic E-state index is 11.2. The zero-order valence-corrected chi connectivity index (χ0v) is 20.6. The molecule has 0 amide bonds. The average molecular weight is 441 g/mol. The molecule has 184 valence electrons. The summed E-state index contributed by atoms with van der Waals surface area (Å²) in [5.41, 5.74) is -1.69. The van der Waals surface area contributed by atoms with Gasteiger partial charge in [0.1, 0.15) is 11.7 Å². The van der Waals surface area contributed by atoms with Crippen LogP contribution in [0.2, 0.25) is 0 Å². The summed E-state index contributed by atoms with van der Waals surface area (Å²) < 4.78 is 0. The molecule has 0 aromatic carbocycles. The van der Waals surface area contributed by atoms with Gasteiger partial charge >= 0.3 is 0 Å². The molecule has 2 unspecified atom stereocenters. The van der Waals surface area contributed by atoms with Gasteiger partial charge in [-0.25, -0.2) is 0 Å². The Morgan fingerprint density at radius 1 is 0.742 bits per heavy atom. The van der Waals surface area contributed by atoms with Crippen molar-refractivity contribution in [3.63, 3.8) is 0 Å². The number of ketones is 1. The number of hydrogen-bond donors (Lipinski definition) is 3. The largest absolute Gasteiger partial charge is 0.393 e. The Labute approximate surface area is 192 Å². The van der Waals surface area contributed by atoms with E-state index in [0.717, 1.165) is 12.8 Å². The summed E-state index contributed by atoms with van der Waals surface area (Å²) in [6.07, 6.45) is 26.1. The van der Waals surface area contributed by atoms with Crippen molar-refractivity contribution in [2.24, 2.45) is 0 Å². The molecule has 2 atom stereocenters. The Bertz CT molecular complexity index is 435. The Kier molecular flexibility index (Phi) is 20.7. The van der Waals surface area contributed by atoms with Crippen LogP contribution >= 0.6 is 0 Å². The highest BCUT2D eigenvalue weighted by Gasteiger charge is 2.37. The molecule has 0 aromatic rings. The van der Waals surface area contributed by atoms with Crippen molar-refractivity contribution in [1.82, 2.24) is 0 Å². The third kappa shape index (κ3) is 17.5. The van der Waals surface area contributed by atoms with Crippen LogP contribution in [0.5, 0.6) is 0 Å². The van der Waals surface area contributed by atoms with E-state index in [2.05, 4.69) is 19.1 Å². The van der Waals surface area contributed by atoms with Crippen molar-refractivity contribution in [2.75, 3.05) is 6.61 Å². The maximum Gasteiger partial charge on any atom is 0.161 e. The summed E-state index contributed by atoms with van der Waals surface area (Å²) in [6.45, 7) is 2.92. The molecule has 0 fully saturated rings. The molecule has 0 aliphatic heterocycles. The van der Waals surface area contributed by atoms with Crippen LogP contribution in [0.15, 0.2) is 12.2 Å². The number of aliphatic hydroxyl groups is 3. The Balaban J connectivity index is 3.38. The standard InChI is InChI=1S/C27H52O4/c1-3-4-5-6-7-8-9-10-11-12-13-14-15-16-17-18-19-20-21-22-23-27(31,24-28)26(30)25(2)29/h10-11,26,28,30-31H,3-9,12-24H2,1-2H3/b11-10-. The predicted molar refractivity (Wildman–Crippen MR) is 131 cm³/mol. The maximum absolute atomic E-state index is 11.2. The van der Waals surface area contributed by atoms with Crippen LogP contribution in [0.3, 0.4) is 0 Å². The third-order valence-corrected chi connectivity index (χ3v) is 6.29. The number of aliphatic hydroxyl groups excluding tert-OH is 2. The molecule has 0 aromatic heterocycles. The van der Waals surface area contributed by atoms with E-state index in [4.69, 9.17) is 0 Å². The minimum atomic E-state index is -1.69. The number of carbonyl (C=O) groups is 1. The first-order chi connectivity index (χ1) is 15.0. The average Bonchev–Trinajstić information content (AvgIpc) is 2.76. The molecule has 4 heteroatoms. The topological polar surface area (TPSA) is 77.8 Å². The fourth-order valence-corrected chi connectivity index (χ4v) is 4.07. The van der Waals surface area contributed by atoms with Gasteiger partial charge in [0.25, 0.3) is 0 Å². The summed E-state index contributed by atoms with van der Waals surface area (Å²) in [5.74, 6) is -0.499. The zero-order valence-electron chi connectivity index (χ0n) is 20.6. The molecular formula is C27H52O4. The Morgan fingerprint density at radius 3 is 1.52 bits per heavy atom. The molecule has 0 saturated heterocycles. The number of allylic oxidation sites excluding steroid dienone is 2. The van der Waals surface area contributed by atoms with Crippen LogP contribution in [0, 0.1) is 0 Å². The Hall–Kier alpha value is -0.710. The monoisotopic (exact) mass is 440 g/mol. The van der Waals surface area contributed by atoms with Gasteiger partial charge in [0, 0.05) is 0 Å². The highest BCUT2D eigenvalue weighted by Crippen LogP contribution is 2.21. The van der Waals surface area contributed by atoms with E-state index < -0.39 is 24.1 Å². The van der Waals surface area contributed by atoms with Crippen molar-refractivity contribution in [3.8, 4) is 0 Å². The molecule has 0 heterocycles. The lowest BCUT2D eigenvalue weighted by atomic mass is 9.89. The van der Waals surface area contributed by atoms with E-state index in [9.17, 15) is 20.1 Å².